The molecule has 2 rings (SSSR count). The number of rotatable bonds is 2. The molecule has 0 aliphatic rings. The number of halogens is 3. The first-order chi connectivity index (χ1) is 9.00. The van der Waals surface area contributed by atoms with Gasteiger partial charge in [0.1, 0.15) is 11.3 Å². The molecule has 1 aromatic heterocycles. The van der Waals surface area contributed by atoms with Gasteiger partial charge in [-0.15, -0.1) is 0 Å². The highest BCUT2D eigenvalue weighted by atomic mass is 79.9. The van der Waals surface area contributed by atoms with E-state index >= 15 is 0 Å². The van der Waals surface area contributed by atoms with Gasteiger partial charge in [0.05, 0.1) is 10.0 Å². The molecule has 0 aliphatic heterocycles. The Labute approximate surface area is 127 Å². The van der Waals surface area contributed by atoms with Crippen molar-refractivity contribution in [3.05, 3.63) is 44.7 Å². The molecule has 0 radical (unpaired) electrons. The first kappa shape index (κ1) is 14.0. The summed E-state index contributed by atoms with van der Waals surface area (Å²) in [6.45, 7) is 0. The molecule has 2 aromatic rings. The SMILES string of the molecule is Nc1cccc(C(=O)Nc2ncnc(Cl)c2Cl)c1Br. The maximum absolute atomic E-state index is 12.1. The molecule has 19 heavy (non-hydrogen) atoms. The number of nitrogen functional groups attached to an aromatic ring is 1. The summed E-state index contributed by atoms with van der Waals surface area (Å²) in [7, 11) is 0. The summed E-state index contributed by atoms with van der Waals surface area (Å²) in [5.74, 6) is -0.267. The van der Waals surface area contributed by atoms with Crippen LogP contribution in [0.1, 0.15) is 10.4 Å². The van der Waals surface area contributed by atoms with Crippen LogP contribution in [0.15, 0.2) is 29.0 Å². The first-order valence-corrected chi connectivity index (χ1v) is 6.57. The molecule has 0 bridgehead atoms. The summed E-state index contributed by atoms with van der Waals surface area (Å²) in [6, 6.07) is 4.96. The molecule has 0 unspecified atom stereocenters. The average molecular weight is 362 g/mol. The minimum absolute atomic E-state index is 0.0682. The van der Waals surface area contributed by atoms with E-state index in [-0.39, 0.29) is 16.0 Å². The van der Waals surface area contributed by atoms with E-state index in [1.54, 1.807) is 18.2 Å². The largest absolute Gasteiger partial charge is 0.398 e. The van der Waals surface area contributed by atoms with Crippen molar-refractivity contribution in [3.8, 4) is 0 Å². The second-order valence-electron chi connectivity index (χ2n) is 3.49. The lowest BCUT2D eigenvalue weighted by Gasteiger charge is -2.09. The van der Waals surface area contributed by atoms with Crippen LogP contribution in [0.3, 0.4) is 0 Å². The number of aromatic nitrogens is 2. The molecule has 0 atom stereocenters. The second-order valence-corrected chi connectivity index (χ2v) is 5.02. The molecule has 5 nitrogen and oxygen atoms in total. The van der Waals surface area contributed by atoms with E-state index in [1.807, 2.05) is 0 Å². The molecule has 0 fully saturated rings. The van der Waals surface area contributed by atoms with Crippen molar-refractivity contribution in [1.82, 2.24) is 9.97 Å². The van der Waals surface area contributed by atoms with Gasteiger partial charge in [0, 0.05) is 5.69 Å². The minimum Gasteiger partial charge on any atom is -0.398 e. The molecule has 8 heteroatoms. The fourth-order valence-electron chi connectivity index (χ4n) is 1.34. The van der Waals surface area contributed by atoms with Crippen LogP contribution in [-0.4, -0.2) is 15.9 Å². The Balaban J connectivity index is 2.31. The van der Waals surface area contributed by atoms with Crippen LogP contribution in [0.4, 0.5) is 11.5 Å². The van der Waals surface area contributed by atoms with E-state index in [0.29, 0.717) is 15.7 Å². The summed E-state index contributed by atoms with van der Waals surface area (Å²) >= 11 is 14.9. The van der Waals surface area contributed by atoms with Crippen LogP contribution in [-0.2, 0) is 0 Å². The Morgan fingerprint density at radius 3 is 2.79 bits per heavy atom. The lowest BCUT2D eigenvalue weighted by Crippen LogP contribution is -2.14. The second kappa shape index (κ2) is 5.73. The van der Waals surface area contributed by atoms with Crippen molar-refractivity contribution in [2.75, 3.05) is 11.1 Å². The van der Waals surface area contributed by atoms with E-state index in [1.165, 1.54) is 6.33 Å². The number of nitrogens with one attached hydrogen (secondary N) is 1. The number of carbonyl (C=O) groups excluding carboxylic acids is 1. The Morgan fingerprint density at radius 2 is 2.05 bits per heavy atom. The van der Waals surface area contributed by atoms with Gasteiger partial charge in [0.25, 0.3) is 5.91 Å². The molecule has 0 spiro atoms. The Bertz CT molecular complexity index is 651. The van der Waals surface area contributed by atoms with Crippen molar-refractivity contribution in [1.29, 1.82) is 0 Å². The predicted molar refractivity (Wildman–Crippen MR) is 78.6 cm³/mol. The van der Waals surface area contributed by atoms with Gasteiger partial charge in [-0.1, -0.05) is 29.3 Å². The maximum Gasteiger partial charge on any atom is 0.258 e. The zero-order valence-corrected chi connectivity index (χ0v) is 12.4. The highest BCUT2D eigenvalue weighted by molar-refractivity contribution is 9.10. The highest BCUT2D eigenvalue weighted by Crippen LogP contribution is 2.28. The van der Waals surface area contributed by atoms with E-state index in [4.69, 9.17) is 28.9 Å². The number of hydrogen-bond acceptors (Lipinski definition) is 4. The molecule has 3 N–H and O–H groups in total. The van der Waals surface area contributed by atoms with E-state index in [2.05, 4.69) is 31.2 Å². The third-order valence-electron chi connectivity index (χ3n) is 2.25. The van der Waals surface area contributed by atoms with E-state index < -0.39 is 5.91 Å². The highest BCUT2D eigenvalue weighted by Gasteiger charge is 2.15. The summed E-state index contributed by atoms with van der Waals surface area (Å²) in [5.41, 5.74) is 6.53. The average Bonchev–Trinajstić information content (AvgIpc) is 2.38. The van der Waals surface area contributed by atoms with Gasteiger partial charge in [0.2, 0.25) is 0 Å². The van der Waals surface area contributed by atoms with Gasteiger partial charge in [-0.25, -0.2) is 9.97 Å². The number of nitrogens with two attached hydrogens (primary N) is 1. The first-order valence-electron chi connectivity index (χ1n) is 5.02. The number of amides is 1. The lowest BCUT2D eigenvalue weighted by molar-refractivity contribution is 0.102. The summed E-state index contributed by atoms with van der Waals surface area (Å²) in [5, 5.41) is 2.69. The van der Waals surface area contributed by atoms with Crippen LogP contribution < -0.4 is 11.1 Å². The van der Waals surface area contributed by atoms with Crippen molar-refractivity contribution < 1.29 is 4.79 Å². The molecule has 1 amide bonds. The zero-order chi connectivity index (χ0) is 14.0. The van der Waals surface area contributed by atoms with Crippen LogP contribution in [0.25, 0.3) is 0 Å². The third-order valence-corrected chi connectivity index (χ3v) is 3.88. The number of benzene rings is 1. The predicted octanol–water partition coefficient (Wildman–Crippen LogP) is 3.38. The van der Waals surface area contributed by atoms with Crippen LogP contribution in [0.5, 0.6) is 0 Å². The summed E-state index contributed by atoms with van der Waals surface area (Å²) in [6.07, 6.45) is 1.21. The summed E-state index contributed by atoms with van der Waals surface area (Å²) in [4.78, 5) is 19.6. The number of carbonyl (C=O) groups is 1. The lowest BCUT2D eigenvalue weighted by atomic mass is 10.2. The van der Waals surface area contributed by atoms with Gasteiger partial charge in [-0.3, -0.25) is 4.79 Å². The van der Waals surface area contributed by atoms with Gasteiger partial charge in [0.15, 0.2) is 11.0 Å². The smallest absolute Gasteiger partial charge is 0.258 e. The van der Waals surface area contributed by atoms with Crippen molar-refractivity contribution in [2.24, 2.45) is 0 Å². The normalized spacial score (nSPS) is 10.3. The fourth-order valence-corrected chi connectivity index (χ4v) is 2.06. The van der Waals surface area contributed by atoms with Crippen LogP contribution in [0.2, 0.25) is 10.2 Å². The third kappa shape index (κ3) is 2.97. The Hall–Kier alpha value is -1.37. The molecular weight excluding hydrogens is 355 g/mol. The minimum atomic E-state index is -0.407. The molecule has 1 aromatic carbocycles. The topological polar surface area (TPSA) is 80.9 Å². The molecule has 98 valence electrons. The quantitative estimate of drug-likeness (QED) is 0.634. The molecular formula is C11H7BrCl2N4O. The fraction of sp³-hybridized carbons (Fsp3) is 0. The van der Waals surface area contributed by atoms with Crippen molar-refractivity contribution in [2.45, 2.75) is 0 Å². The van der Waals surface area contributed by atoms with E-state index in [0.717, 1.165) is 0 Å². The molecule has 1 heterocycles. The van der Waals surface area contributed by atoms with Crippen LogP contribution in [0, 0.1) is 0 Å². The van der Waals surface area contributed by atoms with Gasteiger partial charge in [-0.05, 0) is 28.1 Å². The maximum atomic E-state index is 12.1. The van der Waals surface area contributed by atoms with Gasteiger partial charge in [-0.2, -0.15) is 0 Å². The number of anilines is 2. The van der Waals surface area contributed by atoms with Crippen molar-refractivity contribution >= 4 is 56.5 Å². The number of hydrogen-bond donors (Lipinski definition) is 2. The monoisotopic (exact) mass is 360 g/mol. The molecule has 0 saturated carbocycles. The van der Waals surface area contributed by atoms with Gasteiger partial charge < -0.3 is 11.1 Å². The standard InChI is InChI=1S/C11H7BrCl2N4O/c12-7-5(2-1-3-6(7)15)11(19)18-10-8(13)9(14)16-4-17-10/h1-4H,15H2,(H,16,17,18,19). The molecule has 0 saturated heterocycles. The summed E-state index contributed by atoms with van der Waals surface area (Å²) < 4.78 is 0.503. The number of nitrogens with zero attached hydrogens (tertiary/aromatic N) is 2. The Kier molecular flexibility index (Phi) is 4.24. The van der Waals surface area contributed by atoms with Gasteiger partial charge >= 0.3 is 0 Å². The van der Waals surface area contributed by atoms with E-state index in [9.17, 15) is 4.79 Å². The Morgan fingerprint density at radius 1 is 1.32 bits per heavy atom. The van der Waals surface area contributed by atoms with Crippen LogP contribution >= 0.6 is 39.1 Å². The zero-order valence-electron chi connectivity index (χ0n) is 9.32. The molecule has 0 aliphatic carbocycles. The van der Waals surface area contributed by atoms with Crippen molar-refractivity contribution in [3.63, 3.8) is 0 Å².